The van der Waals surface area contributed by atoms with E-state index in [-0.39, 0.29) is 30.2 Å². The van der Waals surface area contributed by atoms with Gasteiger partial charge in [-0.2, -0.15) is 39.5 Å². The van der Waals surface area contributed by atoms with Crippen LogP contribution < -0.4 is 5.06 Å². The summed E-state index contributed by atoms with van der Waals surface area (Å²) in [6.45, 7) is 4.86. The molecule has 0 saturated carbocycles. The monoisotopic (exact) mass is 614 g/mol. The van der Waals surface area contributed by atoms with Crippen LogP contribution in [0.1, 0.15) is 74.4 Å². The summed E-state index contributed by atoms with van der Waals surface area (Å²) in [4.78, 5) is 31.3. The maximum Gasteiger partial charge on any atom is 0.533 e. The lowest BCUT2D eigenvalue weighted by Gasteiger charge is -2.33. The van der Waals surface area contributed by atoms with Crippen molar-refractivity contribution in [3.8, 4) is 0 Å². The van der Waals surface area contributed by atoms with Crippen molar-refractivity contribution < 1.29 is 58.7 Å². The molecular weight excluding hydrogens is 587 g/mol. The van der Waals surface area contributed by atoms with Crippen molar-refractivity contribution in [3.63, 3.8) is 0 Å². The molecule has 3 rings (SSSR count). The highest BCUT2D eigenvalue weighted by molar-refractivity contribution is 5.75. The van der Waals surface area contributed by atoms with E-state index in [9.17, 15) is 49.1 Å². The predicted molar refractivity (Wildman–Crippen MR) is 131 cm³/mol. The number of benzene rings is 2. The van der Waals surface area contributed by atoms with Gasteiger partial charge in [0.1, 0.15) is 0 Å². The predicted octanol–water partition coefficient (Wildman–Crippen LogP) is 8.30. The Morgan fingerprint density at radius 3 is 1.90 bits per heavy atom. The van der Waals surface area contributed by atoms with Gasteiger partial charge in [0.05, 0.1) is 40.6 Å². The minimum atomic E-state index is -5.15. The third kappa shape index (κ3) is 7.79. The van der Waals surface area contributed by atoms with Gasteiger partial charge in [-0.3, -0.25) is 4.79 Å². The van der Waals surface area contributed by atoms with Crippen LogP contribution in [0.15, 0.2) is 36.4 Å². The molecule has 1 heterocycles. The van der Waals surface area contributed by atoms with E-state index in [1.165, 1.54) is 13.8 Å². The number of carbonyl (C=O) groups excluding carboxylic acids is 2. The Hall–Kier alpha value is -3.65. The Morgan fingerprint density at radius 1 is 0.881 bits per heavy atom. The van der Waals surface area contributed by atoms with E-state index >= 15 is 0 Å². The number of anilines is 1. The zero-order chi connectivity index (χ0) is 31.8. The fourth-order valence-electron chi connectivity index (χ4n) is 4.61. The van der Waals surface area contributed by atoms with Crippen LogP contribution in [0.4, 0.5) is 50.0 Å². The Morgan fingerprint density at radius 2 is 1.43 bits per heavy atom. The van der Waals surface area contributed by atoms with Gasteiger partial charge in [-0.25, -0.2) is 9.86 Å². The summed E-state index contributed by atoms with van der Waals surface area (Å²) in [6, 6.07) is 1.37. The second-order valence-corrected chi connectivity index (χ2v) is 10.1. The number of rotatable bonds is 5. The van der Waals surface area contributed by atoms with Gasteiger partial charge in [0.15, 0.2) is 0 Å². The van der Waals surface area contributed by atoms with Gasteiger partial charge in [0.2, 0.25) is 5.91 Å². The van der Waals surface area contributed by atoms with E-state index in [1.54, 1.807) is 6.92 Å². The highest BCUT2D eigenvalue weighted by Gasteiger charge is 2.40. The van der Waals surface area contributed by atoms with Gasteiger partial charge in [-0.1, -0.05) is 0 Å². The first-order valence-electron chi connectivity index (χ1n) is 12.6. The lowest BCUT2D eigenvalue weighted by molar-refractivity contribution is -0.143. The van der Waals surface area contributed by atoms with Crippen molar-refractivity contribution in [3.05, 3.63) is 64.2 Å². The van der Waals surface area contributed by atoms with E-state index in [0.717, 1.165) is 29.0 Å². The summed E-state index contributed by atoms with van der Waals surface area (Å²) in [5.74, 6) is -0.824. The fourth-order valence-corrected chi connectivity index (χ4v) is 4.61. The summed E-state index contributed by atoms with van der Waals surface area (Å²) in [7, 11) is 0. The van der Waals surface area contributed by atoms with Crippen LogP contribution in [0.3, 0.4) is 0 Å². The molecule has 2 aromatic carbocycles. The molecular formula is C27H27F9N2O4. The maximum absolute atomic E-state index is 13.7. The normalized spacial score (nSPS) is 17.9. The second kappa shape index (κ2) is 11.9. The van der Waals surface area contributed by atoms with E-state index in [4.69, 9.17) is 9.57 Å². The number of hydrogen-bond donors (Lipinski definition) is 0. The number of hydroxylamine groups is 1. The summed E-state index contributed by atoms with van der Waals surface area (Å²) in [6.07, 6.45) is -16.9. The molecule has 6 nitrogen and oxygen atoms in total. The topological polar surface area (TPSA) is 59.1 Å². The van der Waals surface area contributed by atoms with Crippen LogP contribution in [-0.2, 0) is 39.4 Å². The van der Waals surface area contributed by atoms with Crippen LogP contribution in [-0.4, -0.2) is 29.1 Å². The third-order valence-electron chi connectivity index (χ3n) is 6.50. The van der Waals surface area contributed by atoms with Gasteiger partial charge in [0.25, 0.3) is 0 Å². The smallest absolute Gasteiger partial charge is 0.430 e. The average molecular weight is 615 g/mol. The fraction of sp³-hybridized carbons (Fsp3) is 0.481. The van der Waals surface area contributed by atoms with Crippen molar-refractivity contribution in [1.29, 1.82) is 0 Å². The minimum absolute atomic E-state index is 0.0642. The molecule has 232 valence electrons. The third-order valence-corrected chi connectivity index (χ3v) is 6.50. The van der Waals surface area contributed by atoms with E-state index in [2.05, 4.69) is 0 Å². The van der Waals surface area contributed by atoms with E-state index in [1.807, 2.05) is 0 Å². The number of ether oxygens (including phenoxy) is 1. The molecule has 0 aliphatic carbocycles. The number of nitrogens with zero attached hydrogens (tertiary/aromatic N) is 2. The SMILES string of the molecule is CC(=O)N(Cc1cc(C(F)(F)F)cc(C(F)(F)F)c1)C1CCC(C)N(OC(=O)OC(C)C)c2ccc(C(F)(F)F)cc21. The molecule has 0 saturated heterocycles. The van der Waals surface area contributed by atoms with Crippen LogP contribution in [0.5, 0.6) is 0 Å². The molecule has 1 aliphatic heterocycles. The first kappa shape index (κ1) is 32.9. The van der Waals surface area contributed by atoms with Gasteiger partial charge in [0, 0.05) is 19.0 Å². The molecule has 15 heteroatoms. The molecule has 2 atom stereocenters. The second-order valence-electron chi connectivity index (χ2n) is 10.1. The molecule has 0 N–H and O–H groups in total. The Labute approximate surface area is 234 Å². The van der Waals surface area contributed by atoms with Crippen molar-refractivity contribution >= 4 is 17.7 Å². The zero-order valence-electron chi connectivity index (χ0n) is 22.7. The highest BCUT2D eigenvalue weighted by atomic mass is 19.4. The van der Waals surface area contributed by atoms with Crippen molar-refractivity contribution in [1.82, 2.24) is 4.90 Å². The Kier molecular flexibility index (Phi) is 9.32. The molecule has 42 heavy (non-hydrogen) atoms. The van der Waals surface area contributed by atoms with Gasteiger partial charge >= 0.3 is 24.7 Å². The lowest BCUT2D eigenvalue weighted by Crippen LogP contribution is -2.36. The van der Waals surface area contributed by atoms with Crippen LogP contribution in [0.2, 0.25) is 0 Å². The molecule has 0 bridgehead atoms. The Balaban J connectivity index is 2.16. The molecule has 0 fully saturated rings. The quantitative estimate of drug-likeness (QED) is 0.251. The largest absolute Gasteiger partial charge is 0.533 e. The number of halogens is 9. The average Bonchev–Trinajstić information content (AvgIpc) is 2.96. The van der Waals surface area contributed by atoms with Gasteiger partial charge in [-0.05, 0) is 75.6 Å². The van der Waals surface area contributed by atoms with E-state index < -0.39 is 77.6 Å². The summed E-state index contributed by atoms with van der Waals surface area (Å²) in [5.41, 5.74) is -5.12. The molecule has 2 aromatic rings. The molecule has 1 amide bonds. The van der Waals surface area contributed by atoms with Crippen molar-refractivity contribution in [2.75, 3.05) is 5.06 Å². The first-order chi connectivity index (χ1) is 19.2. The molecule has 1 aliphatic rings. The van der Waals surface area contributed by atoms with Crippen molar-refractivity contribution in [2.24, 2.45) is 0 Å². The minimum Gasteiger partial charge on any atom is -0.430 e. The number of carbonyl (C=O) groups is 2. The van der Waals surface area contributed by atoms with Crippen molar-refractivity contribution in [2.45, 2.75) is 83.8 Å². The standard InChI is InChI=1S/C27H27F9N2O4/c1-14(2)41-24(40)42-38-15(3)5-7-22(21-12-18(25(28,29)30)6-8-23(21)38)37(16(4)39)13-17-9-19(26(31,32)33)11-20(10-17)27(34,35)36/h6,8-12,14-15,22H,5,7,13H2,1-4H3. The first-order valence-corrected chi connectivity index (χ1v) is 12.6. The zero-order valence-corrected chi connectivity index (χ0v) is 22.7. The molecule has 0 radical (unpaired) electrons. The summed E-state index contributed by atoms with van der Waals surface area (Å²) in [5, 5.41) is 1.02. The number of fused-ring (bicyclic) bond motifs is 1. The number of hydrogen-bond acceptors (Lipinski definition) is 5. The van der Waals surface area contributed by atoms with Gasteiger partial charge < -0.3 is 14.5 Å². The summed E-state index contributed by atoms with van der Waals surface area (Å²) >= 11 is 0. The number of amides is 1. The lowest BCUT2D eigenvalue weighted by atomic mass is 9.96. The van der Waals surface area contributed by atoms with Crippen LogP contribution in [0.25, 0.3) is 0 Å². The van der Waals surface area contributed by atoms with E-state index in [0.29, 0.717) is 18.2 Å². The number of alkyl halides is 9. The van der Waals surface area contributed by atoms with Crippen LogP contribution in [0, 0.1) is 0 Å². The van der Waals surface area contributed by atoms with Gasteiger partial charge in [-0.15, -0.1) is 0 Å². The molecule has 0 spiro atoms. The molecule has 2 unspecified atom stereocenters. The summed E-state index contributed by atoms with van der Waals surface area (Å²) < 4.78 is 127. The maximum atomic E-state index is 13.7. The molecule has 0 aromatic heterocycles. The Bertz CT molecular complexity index is 1270. The highest BCUT2D eigenvalue weighted by Crippen LogP contribution is 2.43. The van der Waals surface area contributed by atoms with Crippen LogP contribution >= 0.6 is 0 Å².